The van der Waals surface area contributed by atoms with Crippen molar-refractivity contribution in [2.24, 2.45) is 5.73 Å². The van der Waals surface area contributed by atoms with Gasteiger partial charge in [0.15, 0.2) is 0 Å². The maximum atomic E-state index is 5.87. The maximum absolute atomic E-state index is 5.87. The second-order valence-corrected chi connectivity index (χ2v) is 5.85. The number of hydrogen-bond donors (Lipinski definition) is 1. The van der Waals surface area contributed by atoms with Crippen LogP contribution in [0.1, 0.15) is 35.6 Å². The van der Waals surface area contributed by atoms with Crippen LogP contribution in [0.15, 0.2) is 54.6 Å². The van der Waals surface area contributed by atoms with E-state index in [4.69, 9.17) is 5.73 Å². The van der Waals surface area contributed by atoms with Crippen LogP contribution in [0, 0.1) is 0 Å². The number of nitrogens with zero attached hydrogens (tertiary/aromatic N) is 1. The molecule has 2 aromatic rings. The Hall–Kier alpha value is -1.64. The number of fused-ring (bicyclic) bond motifs is 1. The molecule has 0 aliphatic heterocycles. The monoisotopic (exact) mass is 280 g/mol. The van der Waals surface area contributed by atoms with Crippen molar-refractivity contribution in [3.63, 3.8) is 0 Å². The number of aryl methyl sites for hydroxylation is 1. The predicted octanol–water partition coefficient (Wildman–Crippen LogP) is 3.52. The van der Waals surface area contributed by atoms with Crippen molar-refractivity contribution >= 4 is 0 Å². The van der Waals surface area contributed by atoms with E-state index in [1.807, 2.05) is 0 Å². The molecular weight excluding hydrogens is 256 g/mol. The number of rotatable bonds is 5. The Balaban J connectivity index is 1.84. The van der Waals surface area contributed by atoms with Crippen LogP contribution in [0.5, 0.6) is 0 Å². The van der Waals surface area contributed by atoms with Crippen LogP contribution < -0.4 is 5.73 Å². The SMILES string of the molecule is NCCN(Cc1ccccc1)C1CCCc2ccccc21. The molecule has 1 aliphatic carbocycles. The van der Waals surface area contributed by atoms with Gasteiger partial charge >= 0.3 is 0 Å². The van der Waals surface area contributed by atoms with Crippen LogP contribution in [0.25, 0.3) is 0 Å². The van der Waals surface area contributed by atoms with E-state index in [0.717, 1.165) is 13.1 Å². The molecule has 1 unspecified atom stereocenters. The summed E-state index contributed by atoms with van der Waals surface area (Å²) in [7, 11) is 0. The van der Waals surface area contributed by atoms with E-state index in [1.54, 1.807) is 0 Å². The summed E-state index contributed by atoms with van der Waals surface area (Å²) in [5.41, 5.74) is 10.3. The lowest BCUT2D eigenvalue weighted by atomic mass is 9.86. The average molecular weight is 280 g/mol. The molecule has 1 aliphatic rings. The Labute approximate surface area is 127 Å². The average Bonchev–Trinajstić information content (AvgIpc) is 2.55. The highest BCUT2D eigenvalue weighted by Gasteiger charge is 2.25. The molecule has 0 aromatic heterocycles. The van der Waals surface area contributed by atoms with Crippen molar-refractivity contribution in [3.05, 3.63) is 71.3 Å². The Bertz CT molecular complexity index is 565. The van der Waals surface area contributed by atoms with Crippen LogP contribution in [0.3, 0.4) is 0 Å². The molecule has 0 spiro atoms. The van der Waals surface area contributed by atoms with Crippen molar-refractivity contribution in [2.75, 3.05) is 13.1 Å². The summed E-state index contributed by atoms with van der Waals surface area (Å²) < 4.78 is 0. The smallest absolute Gasteiger partial charge is 0.0355 e. The molecule has 0 bridgehead atoms. The molecule has 110 valence electrons. The quantitative estimate of drug-likeness (QED) is 0.908. The van der Waals surface area contributed by atoms with Crippen molar-refractivity contribution in [2.45, 2.75) is 31.8 Å². The molecule has 2 heteroatoms. The molecule has 0 heterocycles. The Morgan fingerprint density at radius 1 is 1.00 bits per heavy atom. The van der Waals surface area contributed by atoms with E-state index in [1.165, 1.54) is 36.0 Å². The highest BCUT2D eigenvalue weighted by atomic mass is 15.2. The first-order chi connectivity index (χ1) is 10.4. The molecule has 2 N–H and O–H groups in total. The Morgan fingerprint density at radius 2 is 1.76 bits per heavy atom. The fraction of sp³-hybridized carbons (Fsp3) is 0.368. The predicted molar refractivity (Wildman–Crippen MR) is 88.0 cm³/mol. The van der Waals surface area contributed by atoms with Crippen LogP contribution in [0.2, 0.25) is 0 Å². The van der Waals surface area contributed by atoms with Crippen molar-refractivity contribution < 1.29 is 0 Å². The fourth-order valence-electron chi connectivity index (χ4n) is 3.44. The summed E-state index contributed by atoms with van der Waals surface area (Å²) in [6, 6.07) is 20.1. The van der Waals surface area contributed by atoms with Crippen LogP contribution in [-0.2, 0) is 13.0 Å². The molecule has 0 saturated heterocycles. The molecule has 0 amide bonds. The van der Waals surface area contributed by atoms with Gasteiger partial charge in [0.25, 0.3) is 0 Å². The second-order valence-electron chi connectivity index (χ2n) is 5.85. The fourth-order valence-corrected chi connectivity index (χ4v) is 3.44. The zero-order valence-electron chi connectivity index (χ0n) is 12.5. The summed E-state index contributed by atoms with van der Waals surface area (Å²) in [6.45, 7) is 2.65. The van der Waals surface area contributed by atoms with Gasteiger partial charge in [-0.25, -0.2) is 0 Å². The van der Waals surface area contributed by atoms with Gasteiger partial charge in [-0.15, -0.1) is 0 Å². The standard InChI is InChI=1S/C19H24N2/c20-13-14-21(15-16-7-2-1-3-8-16)19-12-6-10-17-9-4-5-11-18(17)19/h1-5,7-9,11,19H,6,10,12-15,20H2. The Kier molecular flexibility index (Phi) is 4.69. The first kappa shape index (κ1) is 14.3. The molecule has 2 nitrogen and oxygen atoms in total. The molecule has 1 atom stereocenters. The zero-order valence-corrected chi connectivity index (χ0v) is 12.5. The first-order valence-electron chi connectivity index (χ1n) is 7.94. The lowest BCUT2D eigenvalue weighted by Gasteiger charge is -2.36. The Morgan fingerprint density at radius 3 is 2.57 bits per heavy atom. The molecular formula is C19H24N2. The van der Waals surface area contributed by atoms with Crippen molar-refractivity contribution in [3.8, 4) is 0 Å². The van der Waals surface area contributed by atoms with Crippen LogP contribution in [0.4, 0.5) is 0 Å². The molecule has 0 fully saturated rings. The third kappa shape index (κ3) is 3.34. The van der Waals surface area contributed by atoms with Gasteiger partial charge < -0.3 is 5.73 Å². The number of hydrogen-bond acceptors (Lipinski definition) is 2. The van der Waals surface area contributed by atoms with E-state index < -0.39 is 0 Å². The van der Waals surface area contributed by atoms with Crippen LogP contribution >= 0.6 is 0 Å². The van der Waals surface area contributed by atoms with Gasteiger partial charge in [0.1, 0.15) is 0 Å². The van der Waals surface area contributed by atoms with Crippen LogP contribution in [-0.4, -0.2) is 18.0 Å². The van der Waals surface area contributed by atoms with Gasteiger partial charge in [-0.05, 0) is 36.0 Å². The minimum atomic E-state index is 0.513. The van der Waals surface area contributed by atoms with E-state index >= 15 is 0 Å². The highest BCUT2D eigenvalue weighted by Crippen LogP contribution is 2.34. The molecule has 0 radical (unpaired) electrons. The summed E-state index contributed by atoms with van der Waals surface area (Å²) in [4.78, 5) is 2.55. The van der Waals surface area contributed by atoms with E-state index in [-0.39, 0.29) is 0 Å². The van der Waals surface area contributed by atoms with Gasteiger partial charge in [0.05, 0.1) is 0 Å². The summed E-state index contributed by atoms with van der Waals surface area (Å²) >= 11 is 0. The molecule has 21 heavy (non-hydrogen) atoms. The molecule has 3 rings (SSSR count). The van der Waals surface area contributed by atoms with E-state index in [0.29, 0.717) is 12.6 Å². The summed E-state index contributed by atoms with van der Waals surface area (Å²) in [5.74, 6) is 0. The van der Waals surface area contributed by atoms with Gasteiger partial charge in [-0.3, -0.25) is 4.90 Å². The number of benzene rings is 2. The lowest BCUT2D eigenvalue weighted by Crippen LogP contribution is -2.34. The second kappa shape index (κ2) is 6.88. The van der Waals surface area contributed by atoms with E-state index in [2.05, 4.69) is 59.5 Å². The minimum absolute atomic E-state index is 0.513. The summed E-state index contributed by atoms with van der Waals surface area (Å²) in [6.07, 6.45) is 3.73. The third-order valence-corrected chi connectivity index (χ3v) is 4.42. The molecule has 2 aromatic carbocycles. The minimum Gasteiger partial charge on any atom is -0.329 e. The summed E-state index contributed by atoms with van der Waals surface area (Å²) in [5, 5.41) is 0. The lowest BCUT2D eigenvalue weighted by molar-refractivity contribution is 0.175. The largest absolute Gasteiger partial charge is 0.329 e. The van der Waals surface area contributed by atoms with E-state index in [9.17, 15) is 0 Å². The first-order valence-corrected chi connectivity index (χ1v) is 7.94. The number of nitrogens with two attached hydrogens (primary N) is 1. The topological polar surface area (TPSA) is 29.3 Å². The van der Waals surface area contributed by atoms with Gasteiger partial charge in [-0.1, -0.05) is 54.6 Å². The highest BCUT2D eigenvalue weighted by molar-refractivity contribution is 5.32. The van der Waals surface area contributed by atoms with Gasteiger partial charge in [0.2, 0.25) is 0 Å². The van der Waals surface area contributed by atoms with Crippen molar-refractivity contribution in [1.82, 2.24) is 4.90 Å². The van der Waals surface area contributed by atoms with Gasteiger partial charge in [0, 0.05) is 25.7 Å². The normalized spacial score (nSPS) is 17.7. The van der Waals surface area contributed by atoms with Gasteiger partial charge in [-0.2, -0.15) is 0 Å². The maximum Gasteiger partial charge on any atom is 0.0355 e. The zero-order chi connectivity index (χ0) is 14.5. The van der Waals surface area contributed by atoms with Crippen molar-refractivity contribution in [1.29, 1.82) is 0 Å². The third-order valence-electron chi connectivity index (χ3n) is 4.42. The molecule has 0 saturated carbocycles.